The van der Waals surface area contributed by atoms with E-state index >= 15 is 0 Å². The summed E-state index contributed by atoms with van der Waals surface area (Å²) >= 11 is 0. The van der Waals surface area contributed by atoms with Crippen molar-refractivity contribution in [1.82, 2.24) is 0 Å². The molecule has 2 aromatic rings. The van der Waals surface area contributed by atoms with Gasteiger partial charge in [0.15, 0.2) is 0 Å². The van der Waals surface area contributed by atoms with E-state index in [9.17, 15) is 22.0 Å². The third-order valence-electron chi connectivity index (χ3n) is 8.48. The summed E-state index contributed by atoms with van der Waals surface area (Å²) in [5.41, 5.74) is 0.0311. The maximum absolute atomic E-state index is 14.0. The smallest absolute Gasteiger partial charge is 0.206 e. The Morgan fingerprint density at radius 1 is 0.743 bits per heavy atom. The Morgan fingerprint density at radius 3 is 2.03 bits per heavy atom. The van der Waals surface area contributed by atoms with Crippen LogP contribution < -0.4 is 0 Å². The van der Waals surface area contributed by atoms with Gasteiger partial charge in [0.05, 0.1) is 0 Å². The van der Waals surface area contributed by atoms with Gasteiger partial charge in [0.1, 0.15) is 17.2 Å². The molecule has 0 saturated heterocycles. The van der Waals surface area contributed by atoms with Crippen LogP contribution in [0.1, 0.15) is 101 Å². The van der Waals surface area contributed by atoms with E-state index in [4.69, 9.17) is 0 Å². The van der Waals surface area contributed by atoms with Crippen LogP contribution in [0, 0.1) is 29.4 Å². The zero-order valence-electron chi connectivity index (χ0n) is 20.6. The van der Waals surface area contributed by atoms with Gasteiger partial charge in [-0.1, -0.05) is 76.1 Å². The average molecular weight is 493 g/mol. The van der Waals surface area contributed by atoms with E-state index in [1.165, 1.54) is 76.2 Å². The summed E-state index contributed by atoms with van der Waals surface area (Å²) in [6.45, 7) is 2.26. The Balaban J connectivity index is 1.34. The second kappa shape index (κ2) is 11.4. The molecule has 35 heavy (non-hydrogen) atoms. The highest BCUT2D eigenvalue weighted by Gasteiger charge is 2.38. The number of rotatable bonds is 8. The van der Waals surface area contributed by atoms with Crippen molar-refractivity contribution in [2.75, 3.05) is 0 Å². The lowest BCUT2D eigenvalue weighted by Crippen LogP contribution is -2.30. The number of hydrogen-bond acceptors (Lipinski definition) is 0. The fourth-order valence-corrected chi connectivity index (χ4v) is 6.55. The molecule has 2 aliphatic carbocycles. The Bertz CT molecular complexity index is 939. The van der Waals surface area contributed by atoms with E-state index < -0.39 is 23.4 Å². The zero-order valence-corrected chi connectivity index (χ0v) is 20.6. The molecule has 0 amide bonds. The van der Waals surface area contributed by atoms with Crippen LogP contribution in [0.4, 0.5) is 22.0 Å². The number of unbranched alkanes of at least 4 members (excludes halogenated alkanes) is 4. The molecule has 0 aliphatic heterocycles. The lowest BCUT2D eigenvalue weighted by atomic mass is 9.63. The van der Waals surface area contributed by atoms with Crippen molar-refractivity contribution in [3.8, 4) is 11.1 Å². The summed E-state index contributed by atoms with van der Waals surface area (Å²) in [4.78, 5) is 0. The van der Waals surface area contributed by atoms with Gasteiger partial charge < -0.3 is 0 Å². The second-order valence-corrected chi connectivity index (χ2v) is 10.8. The predicted octanol–water partition coefficient (Wildman–Crippen LogP) is 10.3. The normalized spacial score (nSPS) is 24.9. The highest BCUT2D eigenvalue weighted by atomic mass is 19.4. The monoisotopic (exact) mass is 492 g/mol. The van der Waals surface area contributed by atoms with Crippen LogP contribution in [0.3, 0.4) is 0 Å². The molecule has 0 heterocycles. The van der Waals surface area contributed by atoms with E-state index in [-0.39, 0.29) is 5.56 Å². The van der Waals surface area contributed by atoms with Crippen molar-refractivity contribution < 1.29 is 22.0 Å². The molecule has 4 unspecified atom stereocenters. The Hall–Kier alpha value is -1.91. The summed E-state index contributed by atoms with van der Waals surface area (Å²) < 4.78 is 66.6. The highest BCUT2D eigenvalue weighted by Crippen LogP contribution is 2.48. The molecule has 4 atom stereocenters. The highest BCUT2D eigenvalue weighted by molar-refractivity contribution is 5.64. The number of benzene rings is 2. The first-order valence-corrected chi connectivity index (χ1v) is 13.4. The summed E-state index contributed by atoms with van der Waals surface area (Å²) in [5, 5.41) is 0. The van der Waals surface area contributed by atoms with Crippen molar-refractivity contribution in [2.45, 2.75) is 96.1 Å². The van der Waals surface area contributed by atoms with Gasteiger partial charge >= 0.3 is 6.18 Å². The summed E-state index contributed by atoms with van der Waals surface area (Å²) in [7, 11) is 0. The van der Waals surface area contributed by atoms with Crippen LogP contribution in [0.2, 0.25) is 0 Å². The quantitative estimate of drug-likeness (QED) is 0.254. The van der Waals surface area contributed by atoms with Crippen LogP contribution in [0.5, 0.6) is 0 Å². The summed E-state index contributed by atoms with van der Waals surface area (Å²) in [6.07, 6.45) is 10.8. The first kappa shape index (κ1) is 26.2. The largest absolute Gasteiger partial charge is 0.422 e. The van der Waals surface area contributed by atoms with Gasteiger partial charge in [-0.05, 0) is 84.6 Å². The zero-order chi connectivity index (χ0) is 25.0. The predicted molar refractivity (Wildman–Crippen MR) is 131 cm³/mol. The van der Waals surface area contributed by atoms with Crippen molar-refractivity contribution in [3.63, 3.8) is 0 Å². The standard InChI is InChI=1S/C30H37F5/c1-2-3-4-5-6-7-20-8-9-25-17-24(15-14-23(25)16-20)21-10-12-22(13-11-21)26-18-27(31)29(28(32)19-26)30(33,34)35/h10-13,18-20,23-25H,2-9,14-17H2,1H3. The average Bonchev–Trinajstić information content (AvgIpc) is 2.82. The van der Waals surface area contributed by atoms with Crippen LogP contribution in [-0.2, 0) is 6.18 Å². The minimum absolute atomic E-state index is 0.122. The van der Waals surface area contributed by atoms with Crippen molar-refractivity contribution in [3.05, 3.63) is 59.2 Å². The maximum atomic E-state index is 14.0. The Labute approximate surface area is 206 Å². The molecule has 0 spiro atoms. The maximum Gasteiger partial charge on any atom is 0.422 e. The molecule has 192 valence electrons. The van der Waals surface area contributed by atoms with E-state index in [2.05, 4.69) is 6.92 Å². The van der Waals surface area contributed by atoms with Crippen molar-refractivity contribution in [1.29, 1.82) is 0 Å². The van der Waals surface area contributed by atoms with E-state index in [1.54, 1.807) is 12.1 Å². The lowest BCUT2D eigenvalue weighted by Gasteiger charge is -2.42. The number of hydrogen-bond donors (Lipinski definition) is 0. The van der Waals surface area contributed by atoms with Crippen LogP contribution in [-0.4, -0.2) is 0 Å². The molecule has 4 rings (SSSR count). The van der Waals surface area contributed by atoms with E-state index in [1.807, 2.05) is 12.1 Å². The number of alkyl halides is 3. The minimum Gasteiger partial charge on any atom is -0.206 e. The van der Waals surface area contributed by atoms with Gasteiger partial charge in [-0.15, -0.1) is 0 Å². The summed E-state index contributed by atoms with van der Waals surface area (Å²) in [5.74, 6) is -0.144. The molecule has 5 heteroatoms. The van der Waals surface area contributed by atoms with Gasteiger partial charge in [-0.3, -0.25) is 0 Å². The van der Waals surface area contributed by atoms with Gasteiger partial charge in [-0.2, -0.15) is 13.2 Å². The molecule has 0 bridgehead atoms. The molecule has 2 fully saturated rings. The molecule has 0 N–H and O–H groups in total. The molecule has 0 radical (unpaired) electrons. The second-order valence-electron chi connectivity index (χ2n) is 10.8. The lowest BCUT2D eigenvalue weighted by molar-refractivity contribution is -0.142. The fourth-order valence-electron chi connectivity index (χ4n) is 6.55. The molecule has 0 aromatic heterocycles. The third-order valence-corrected chi connectivity index (χ3v) is 8.48. The SMILES string of the molecule is CCCCCCCC1CCC2CC(c3ccc(-c4cc(F)c(C(F)(F)F)c(F)c4)cc3)CCC2C1. The molecule has 2 aromatic carbocycles. The van der Waals surface area contributed by atoms with Gasteiger partial charge in [0.2, 0.25) is 0 Å². The number of halogens is 5. The van der Waals surface area contributed by atoms with Gasteiger partial charge in [0, 0.05) is 0 Å². The van der Waals surface area contributed by atoms with Crippen molar-refractivity contribution in [2.24, 2.45) is 17.8 Å². The molecule has 2 aliphatic rings. The fraction of sp³-hybridized carbons (Fsp3) is 0.600. The van der Waals surface area contributed by atoms with Gasteiger partial charge in [-0.25, -0.2) is 8.78 Å². The van der Waals surface area contributed by atoms with Crippen LogP contribution >= 0.6 is 0 Å². The van der Waals surface area contributed by atoms with Crippen molar-refractivity contribution >= 4 is 0 Å². The summed E-state index contributed by atoms with van der Waals surface area (Å²) in [6, 6.07) is 9.06. The Kier molecular flexibility index (Phi) is 8.54. The van der Waals surface area contributed by atoms with E-state index in [0.717, 1.165) is 36.3 Å². The van der Waals surface area contributed by atoms with Crippen LogP contribution in [0.25, 0.3) is 11.1 Å². The van der Waals surface area contributed by atoms with Gasteiger partial charge in [0.25, 0.3) is 0 Å². The first-order valence-electron chi connectivity index (χ1n) is 13.4. The Morgan fingerprint density at radius 2 is 1.37 bits per heavy atom. The first-order chi connectivity index (χ1) is 16.8. The third kappa shape index (κ3) is 6.46. The molecule has 2 saturated carbocycles. The molecular weight excluding hydrogens is 455 g/mol. The minimum atomic E-state index is -5.05. The molecule has 0 nitrogen and oxygen atoms in total. The number of fused-ring (bicyclic) bond motifs is 1. The van der Waals surface area contributed by atoms with E-state index in [0.29, 0.717) is 11.5 Å². The molecular formula is C30H37F5. The topological polar surface area (TPSA) is 0 Å². The van der Waals surface area contributed by atoms with Crippen LogP contribution in [0.15, 0.2) is 36.4 Å².